The van der Waals surface area contributed by atoms with Crippen LogP contribution in [0.25, 0.3) is 0 Å². The fraction of sp³-hybridized carbons (Fsp3) is 0.524. The van der Waals surface area contributed by atoms with Crippen LogP contribution < -0.4 is 0 Å². The van der Waals surface area contributed by atoms with Crippen LogP contribution in [-0.2, 0) is 25.5 Å². The van der Waals surface area contributed by atoms with Gasteiger partial charge in [0.05, 0.1) is 0 Å². The minimum absolute atomic E-state index is 0.0595. The Morgan fingerprint density at radius 2 is 1.45 bits per heavy atom. The molecule has 0 saturated carbocycles. The van der Waals surface area contributed by atoms with E-state index >= 15 is 0 Å². The van der Waals surface area contributed by atoms with Crippen molar-refractivity contribution < 1.29 is 28.7 Å². The van der Waals surface area contributed by atoms with Crippen molar-refractivity contribution in [2.24, 2.45) is 0 Å². The molecule has 1 aromatic rings. The summed E-state index contributed by atoms with van der Waals surface area (Å²) >= 11 is 0. The highest BCUT2D eigenvalue weighted by Gasteiger charge is 2.47. The van der Waals surface area contributed by atoms with Crippen molar-refractivity contribution in [3.05, 3.63) is 35.9 Å². The molecule has 0 radical (unpaired) electrons. The SMILES string of the molecule is CC(C)(C)OC(=O)N1CC(=O)N(C(=O)OC(C)(C)C)[C@@H](Cc2ccccc2)C1=O. The number of carbonyl (C=O) groups excluding carboxylic acids is 4. The number of nitrogens with zero attached hydrogens (tertiary/aromatic N) is 2. The number of imide groups is 2. The molecule has 1 atom stereocenters. The van der Waals surface area contributed by atoms with Gasteiger partial charge in [-0.15, -0.1) is 0 Å². The lowest BCUT2D eigenvalue weighted by molar-refractivity contribution is -0.153. The van der Waals surface area contributed by atoms with Crippen LogP contribution in [0.3, 0.4) is 0 Å². The summed E-state index contributed by atoms with van der Waals surface area (Å²) in [5.74, 6) is -1.39. The molecule has 1 heterocycles. The summed E-state index contributed by atoms with van der Waals surface area (Å²) in [4.78, 5) is 52.6. The zero-order valence-electron chi connectivity index (χ0n) is 17.7. The van der Waals surface area contributed by atoms with E-state index in [0.717, 1.165) is 15.4 Å². The standard InChI is InChI=1S/C21H28N2O6/c1-20(2,3)28-18(26)22-13-16(24)23(19(27)29-21(4,5)6)15(17(22)25)12-14-10-8-7-9-11-14/h7-11,15H,12-13H2,1-6H3/t15-/m0/s1. The highest BCUT2D eigenvalue weighted by molar-refractivity contribution is 6.08. The Labute approximate surface area is 170 Å². The largest absolute Gasteiger partial charge is 0.443 e. The summed E-state index contributed by atoms with van der Waals surface area (Å²) in [5, 5.41) is 0. The minimum Gasteiger partial charge on any atom is -0.443 e. The average molecular weight is 404 g/mol. The van der Waals surface area contributed by atoms with Crippen LogP contribution >= 0.6 is 0 Å². The molecule has 1 saturated heterocycles. The third-order valence-electron chi connectivity index (χ3n) is 3.90. The van der Waals surface area contributed by atoms with Crippen LogP contribution in [0, 0.1) is 0 Å². The van der Waals surface area contributed by atoms with Gasteiger partial charge in [0.2, 0.25) is 0 Å². The van der Waals surface area contributed by atoms with Gasteiger partial charge in [-0.05, 0) is 47.1 Å². The molecule has 0 spiro atoms. The predicted octanol–water partition coefficient (Wildman–Crippen LogP) is 3.14. The molecule has 1 aromatic carbocycles. The van der Waals surface area contributed by atoms with Crippen LogP contribution in [-0.4, -0.2) is 57.6 Å². The quantitative estimate of drug-likeness (QED) is 0.752. The lowest BCUT2D eigenvalue weighted by atomic mass is 10.0. The number of rotatable bonds is 2. The van der Waals surface area contributed by atoms with Crippen molar-refractivity contribution in [1.82, 2.24) is 9.80 Å². The first-order chi connectivity index (χ1) is 13.3. The highest BCUT2D eigenvalue weighted by Crippen LogP contribution is 2.22. The number of carbonyl (C=O) groups is 4. The first-order valence-corrected chi connectivity index (χ1v) is 9.42. The third-order valence-corrected chi connectivity index (χ3v) is 3.90. The van der Waals surface area contributed by atoms with E-state index in [9.17, 15) is 19.2 Å². The second-order valence-electron chi connectivity index (χ2n) is 8.85. The Morgan fingerprint density at radius 3 is 1.97 bits per heavy atom. The van der Waals surface area contributed by atoms with E-state index < -0.39 is 47.8 Å². The van der Waals surface area contributed by atoms with Gasteiger partial charge in [-0.2, -0.15) is 0 Å². The van der Waals surface area contributed by atoms with Gasteiger partial charge in [0, 0.05) is 6.42 Å². The highest BCUT2D eigenvalue weighted by atomic mass is 16.6. The Morgan fingerprint density at radius 1 is 0.931 bits per heavy atom. The predicted molar refractivity (Wildman–Crippen MR) is 105 cm³/mol. The molecule has 8 heteroatoms. The molecule has 0 aromatic heterocycles. The second kappa shape index (κ2) is 8.23. The molecular formula is C21H28N2O6. The minimum atomic E-state index is -1.21. The number of amides is 4. The maximum Gasteiger partial charge on any atom is 0.417 e. The zero-order valence-corrected chi connectivity index (χ0v) is 17.7. The molecule has 8 nitrogen and oxygen atoms in total. The van der Waals surface area contributed by atoms with Crippen LogP contribution in [0.1, 0.15) is 47.1 Å². The lowest BCUT2D eigenvalue weighted by Gasteiger charge is -2.38. The molecule has 29 heavy (non-hydrogen) atoms. The van der Waals surface area contributed by atoms with E-state index in [1.54, 1.807) is 65.8 Å². The van der Waals surface area contributed by atoms with Crippen LogP contribution in [0.5, 0.6) is 0 Å². The van der Waals surface area contributed by atoms with Crippen molar-refractivity contribution in [1.29, 1.82) is 0 Å². The van der Waals surface area contributed by atoms with Crippen molar-refractivity contribution in [3.63, 3.8) is 0 Å². The molecule has 2 rings (SSSR count). The Balaban J connectivity index is 2.36. The summed E-state index contributed by atoms with van der Waals surface area (Å²) < 4.78 is 10.6. The molecule has 1 aliphatic rings. The summed E-state index contributed by atoms with van der Waals surface area (Å²) in [6, 6.07) is 7.73. The van der Waals surface area contributed by atoms with Crippen molar-refractivity contribution in [2.45, 2.75) is 65.2 Å². The molecule has 1 fully saturated rings. The van der Waals surface area contributed by atoms with E-state index in [0.29, 0.717) is 0 Å². The summed E-state index contributed by atoms with van der Waals surface area (Å²) in [6.45, 7) is 9.40. The van der Waals surface area contributed by atoms with Crippen molar-refractivity contribution in [2.75, 3.05) is 6.54 Å². The van der Waals surface area contributed by atoms with E-state index in [1.165, 1.54) is 0 Å². The fourth-order valence-corrected chi connectivity index (χ4v) is 2.78. The first-order valence-electron chi connectivity index (χ1n) is 9.42. The van der Waals surface area contributed by atoms with Gasteiger partial charge in [0.15, 0.2) is 0 Å². The number of piperazine rings is 1. The maximum absolute atomic E-state index is 13.1. The number of hydrogen-bond donors (Lipinski definition) is 0. The molecule has 0 aliphatic carbocycles. The Kier molecular flexibility index (Phi) is 6.35. The normalized spacial score (nSPS) is 17.9. The first kappa shape index (κ1) is 22.4. The van der Waals surface area contributed by atoms with Crippen LogP contribution in [0.15, 0.2) is 30.3 Å². The average Bonchev–Trinajstić information content (AvgIpc) is 2.55. The van der Waals surface area contributed by atoms with Gasteiger partial charge in [0.1, 0.15) is 23.8 Å². The molecule has 0 bridgehead atoms. The van der Waals surface area contributed by atoms with Crippen LogP contribution in [0.4, 0.5) is 9.59 Å². The van der Waals surface area contributed by atoms with Crippen LogP contribution in [0.2, 0.25) is 0 Å². The number of ether oxygens (including phenoxy) is 2. The topological polar surface area (TPSA) is 93.2 Å². The van der Waals surface area contributed by atoms with Gasteiger partial charge in [-0.25, -0.2) is 19.4 Å². The fourth-order valence-electron chi connectivity index (χ4n) is 2.78. The van der Waals surface area contributed by atoms with Gasteiger partial charge < -0.3 is 9.47 Å². The number of benzene rings is 1. The van der Waals surface area contributed by atoms with E-state index in [-0.39, 0.29) is 6.42 Å². The monoisotopic (exact) mass is 404 g/mol. The van der Waals surface area contributed by atoms with Gasteiger partial charge >= 0.3 is 12.2 Å². The van der Waals surface area contributed by atoms with E-state index in [1.807, 2.05) is 6.07 Å². The van der Waals surface area contributed by atoms with Crippen molar-refractivity contribution in [3.8, 4) is 0 Å². The summed E-state index contributed by atoms with van der Waals surface area (Å²) in [5.41, 5.74) is -0.948. The molecule has 158 valence electrons. The third kappa shape index (κ3) is 6.04. The smallest absolute Gasteiger partial charge is 0.417 e. The Hall–Kier alpha value is -2.90. The number of hydrogen-bond acceptors (Lipinski definition) is 6. The summed E-state index contributed by atoms with van der Waals surface area (Å²) in [7, 11) is 0. The van der Waals surface area contributed by atoms with E-state index in [2.05, 4.69) is 0 Å². The molecule has 0 unspecified atom stereocenters. The molecular weight excluding hydrogens is 376 g/mol. The Bertz CT molecular complexity index is 792. The van der Waals surface area contributed by atoms with E-state index in [4.69, 9.17) is 9.47 Å². The molecule has 1 aliphatic heterocycles. The van der Waals surface area contributed by atoms with Gasteiger partial charge in [-0.3, -0.25) is 9.59 Å². The maximum atomic E-state index is 13.1. The summed E-state index contributed by atoms with van der Waals surface area (Å²) in [6.07, 6.45) is -1.78. The lowest BCUT2D eigenvalue weighted by Crippen LogP contribution is -2.64. The van der Waals surface area contributed by atoms with Gasteiger partial charge in [0.25, 0.3) is 11.8 Å². The second-order valence-corrected chi connectivity index (χ2v) is 8.85. The van der Waals surface area contributed by atoms with Gasteiger partial charge in [-0.1, -0.05) is 30.3 Å². The zero-order chi connectivity index (χ0) is 22.0. The molecule has 0 N–H and O–H groups in total. The van der Waals surface area contributed by atoms with Crippen molar-refractivity contribution >= 4 is 24.0 Å². The molecule has 4 amide bonds.